The molecule has 4 rings (SSSR count). The van der Waals surface area contributed by atoms with Gasteiger partial charge in [-0.05, 0) is 29.6 Å². The first kappa shape index (κ1) is 10.5. The van der Waals surface area contributed by atoms with Crippen molar-refractivity contribution in [2.75, 3.05) is 0 Å². The van der Waals surface area contributed by atoms with Crippen molar-refractivity contribution in [1.82, 2.24) is 0 Å². The van der Waals surface area contributed by atoms with Crippen LogP contribution in [0.5, 0.6) is 0 Å². The molecule has 0 radical (unpaired) electrons. The van der Waals surface area contributed by atoms with Gasteiger partial charge in [-0.3, -0.25) is 0 Å². The van der Waals surface area contributed by atoms with Crippen LogP contribution < -0.4 is 0 Å². The van der Waals surface area contributed by atoms with Crippen molar-refractivity contribution < 1.29 is 0 Å². The molecule has 17 heavy (non-hydrogen) atoms. The maximum Gasteiger partial charge on any atom is 0.0938 e. The molecular weight excluding hydrogens is 284 g/mol. The molecule has 0 nitrogen and oxygen atoms in total. The molecule has 3 aromatic rings. The second kappa shape index (κ2) is 4.05. The molecule has 1 aliphatic rings. The summed E-state index contributed by atoms with van der Waals surface area (Å²) in [6.07, 6.45) is 0. The van der Waals surface area contributed by atoms with Gasteiger partial charge in [0.05, 0.1) is 4.58 Å². The fourth-order valence-corrected chi connectivity index (χ4v) is 7.09. The van der Waals surface area contributed by atoms with E-state index in [1.54, 1.807) is 0 Å². The van der Waals surface area contributed by atoms with E-state index in [0.29, 0.717) is 4.58 Å². The third-order valence-corrected chi connectivity index (χ3v) is 8.03. The van der Waals surface area contributed by atoms with E-state index in [1.165, 1.54) is 24.1 Å². The van der Waals surface area contributed by atoms with Crippen LogP contribution in [0.25, 0.3) is 9.40 Å². The van der Waals surface area contributed by atoms with Crippen LogP contribution in [0.3, 0.4) is 0 Å². The molecule has 0 aliphatic carbocycles. The summed E-state index contributed by atoms with van der Waals surface area (Å²) >= 11 is 7.76. The Labute approximate surface area is 116 Å². The Balaban J connectivity index is 1.72. The first-order chi connectivity index (χ1) is 8.40. The molecule has 1 aromatic carbocycles. The van der Waals surface area contributed by atoms with Gasteiger partial charge in [0.2, 0.25) is 0 Å². The summed E-state index contributed by atoms with van der Waals surface area (Å²) in [5, 5.41) is 2.18. The van der Waals surface area contributed by atoms with E-state index < -0.39 is 0 Å². The highest BCUT2D eigenvalue weighted by Crippen LogP contribution is 2.58. The monoisotopic (exact) mass is 292 g/mol. The lowest BCUT2D eigenvalue weighted by molar-refractivity contribution is 1.27. The number of fused-ring (bicyclic) bond motifs is 2. The van der Waals surface area contributed by atoms with Gasteiger partial charge < -0.3 is 0 Å². The Bertz CT molecular complexity index is 626. The summed E-state index contributed by atoms with van der Waals surface area (Å²) in [4.78, 5) is 4.36. The maximum atomic E-state index is 2.36. The third-order valence-electron chi connectivity index (χ3n) is 2.71. The molecule has 0 fully saturated rings. The molecule has 1 aliphatic heterocycles. The number of benzene rings is 1. The normalized spacial score (nSPS) is 15.5. The molecule has 0 saturated carbocycles. The lowest BCUT2D eigenvalue weighted by atomic mass is 10.4. The van der Waals surface area contributed by atoms with Crippen molar-refractivity contribution in [3.05, 3.63) is 46.7 Å². The number of hydrogen-bond donors (Lipinski definition) is 0. The van der Waals surface area contributed by atoms with Gasteiger partial charge in [-0.15, -0.1) is 46.2 Å². The SMILES string of the molecule is c1ccc2c(c1)SC(c1cc3sccc3s1)S2. The zero-order valence-corrected chi connectivity index (χ0v) is 12.0. The van der Waals surface area contributed by atoms with Gasteiger partial charge in [0.25, 0.3) is 0 Å². The van der Waals surface area contributed by atoms with Crippen LogP contribution in [0.2, 0.25) is 0 Å². The second-order valence-corrected chi connectivity index (χ2v) is 8.47. The zero-order chi connectivity index (χ0) is 11.2. The lowest BCUT2D eigenvalue weighted by Crippen LogP contribution is -1.75. The average molecular weight is 292 g/mol. The van der Waals surface area contributed by atoms with Crippen molar-refractivity contribution in [2.24, 2.45) is 0 Å². The Morgan fingerprint density at radius 3 is 2.35 bits per heavy atom. The Hall–Kier alpha value is -0.420. The van der Waals surface area contributed by atoms with Crippen LogP contribution in [0.15, 0.2) is 51.6 Å². The van der Waals surface area contributed by atoms with Gasteiger partial charge in [0.1, 0.15) is 0 Å². The number of thiophene rings is 2. The Kier molecular flexibility index (Phi) is 2.50. The topological polar surface area (TPSA) is 0 Å². The Morgan fingerprint density at radius 2 is 1.65 bits per heavy atom. The Morgan fingerprint density at radius 1 is 0.882 bits per heavy atom. The van der Waals surface area contributed by atoms with Gasteiger partial charge >= 0.3 is 0 Å². The van der Waals surface area contributed by atoms with Gasteiger partial charge in [0.15, 0.2) is 0 Å². The van der Waals surface area contributed by atoms with Crippen molar-refractivity contribution in [3.8, 4) is 0 Å². The predicted molar refractivity (Wildman–Crippen MR) is 80.6 cm³/mol. The van der Waals surface area contributed by atoms with Crippen molar-refractivity contribution in [2.45, 2.75) is 14.4 Å². The molecule has 0 spiro atoms. The van der Waals surface area contributed by atoms with E-state index in [4.69, 9.17) is 0 Å². The average Bonchev–Trinajstić information content (AvgIpc) is 3.01. The minimum Gasteiger partial charge on any atom is -0.143 e. The van der Waals surface area contributed by atoms with E-state index in [1.807, 2.05) is 46.2 Å². The van der Waals surface area contributed by atoms with Gasteiger partial charge in [0, 0.05) is 24.1 Å². The quantitative estimate of drug-likeness (QED) is 0.551. The van der Waals surface area contributed by atoms with Crippen LogP contribution in [-0.2, 0) is 0 Å². The molecule has 84 valence electrons. The molecule has 2 aromatic heterocycles. The third kappa shape index (κ3) is 1.74. The van der Waals surface area contributed by atoms with E-state index >= 15 is 0 Å². The number of thioether (sulfide) groups is 2. The fraction of sp³-hybridized carbons (Fsp3) is 0.0769. The first-order valence-corrected chi connectivity index (χ1v) is 8.75. The van der Waals surface area contributed by atoms with E-state index in [2.05, 4.69) is 41.8 Å². The summed E-state index contributed by atoms with van der Waals surface area (Å²) in [6.45, 7) is 0. The van der Waals surface area contributed by atoms with E-state index in [-0.39, 0.29) is 0 Å². The van der Waals surface area contributed by atoms with Crippen molar-refractivity contribution in [1.29, 1.82) is 0 Å². The zero-order valence-electron chi connectivity index (χ0n) is 8.75. The maximum absolute atomic E-state index is 2.36. The predicted octanol–water partition coefficient (Wildman–Crippen LogP) is 5.86. The van der Waals surface area contributed by atoms with Gasteiger partial charge in [-0.2, -0.15) is 0 Å². The second-order valence-electron chi connectivity index (χ2n) is 3.81. The standard InChI is InChI=1S/C13H8S4/c1-2-4-9-8(3-1)16-13(17-9)12-7-11-10(15-12)5-6-14-11/h1-7,13H. The highest BCUT2D eigenvalue weighted by molar-refractivity contribution is 8.19. The van der Waals surface area contributed by atoms with Crippen LogP contribution in [0.4, 0.5) is 0 Å². The minimum absolute atomic E-state index is 0.553. The molecule has 4 heteroatoms. The summed E-state index contributed by atoms with van der Waals surface area (Å²) in [5.74, 6) is 0. The number of hydrogen-bond acceptors (Lipinski definition) is 4. The summed E-state index contributed by atoms with van der Waals surface area (Å²) in [7, 11) is 0. The van der Waals surface area contributed by atoms with Gasteiger partial charge in [-0.25, -0.2) is 0 Å². The van der Waals surface area contributed by atoms with Gasteiger partial charge in [-0.1, -0.05) is 12.1 Å². The molecule has 3 heterocycles. The molecule has 0 saturated heterocycles. The number of rotatable bonds is 1. The molecule has 0 unspecified atom stereocenters. The fourth-order valence-electron chi connectivity index (χ4n) is 1.92. The molecular formula is C13H8S4. The highest BCUT2D eigenvalue weighted by atomic mass is 32.2. The van der Waals surface area contributed by atoms with Crippen LogP contribution in [-0.4, -0.2) is 0 Å². The molecule has 0 atom stereocenters. The highest BCUT2D eigenvalue weighted by Gasteiger charge is 2.25. The largest absolute Gasteiger partial charge is 0.143 e. The van der Waals surface area contributed by atoms with Crippen molar-refractivity contribution >= 4 is 55.6 Å². The molecule has 0 N–H and O–H groups in total. The van der Waals surface area contributed by atoms with Crippen LogP contribution >= 0.6 is 46.2 Å². The summed E-state index contributed by atoms with van der Waals surface area (Å²) in [6, 6.07) is 13.3. The molecule has 0 amide bonds. The molecule has 0 bridgehead atoms. The van der Waals surface area contributed by atoms with Crippen LogP contribution in [0, 0.1) is 0 Å². The first-order valence-electron chi connectivity index (χ1n) is 5.29. The van der Waals surface area contributed by atoms with Crippen molar-refractivity contribution in [3.63, 3.8) is 0 Å². The van der Waals surface area contributed by atoms with E-state index in [0.717, 1.165) is 0 Å². The van der Waals surface area contributed by atoms with E-state index in [9.17, 15) is 0 Å². The summed E-state index contributed by atoms with van der Waals surface area (Å²) < 4.78 is 3.42. The summed E-state index contributed by atoms with van der Waals surface area (Å²) in [5.41, 5.74) is 0. The lowest BCUT2D eigenvalue weighted by Gasteiger charge is -2.02. The van der Waals surface area contributed by atoms with Crippen LogP contribution in [0.1, 0.15) is 9.46 Å². The smallest absolute Gasteiger partial charge is 0.0938 e. The minimum atomic E-state index is 0.553.